The fraction of sp³-hybridized carbons (Fsp3) is 0.357. The van der Waals surface area contributed by atoms with Crippen molar-refractivity contribution in [1.29, 1.82) is 0 Å². The van der Waals surface area contributed by atoms with Gasteiger partial charge in [-0.25, -0.2) is 0 Å². The molecule has 0 aliphatic carbocycles. The van der Waals surface area contributed by atoms with Gasteiger partial charge in [-0.05, 0) is 78.7 Å². The van der Waals surface area contributed by atoms with E-state index < -0.39 is 0 Å². The van der Waals surface area contributed by atoms with E-state index in [1.807, 2.05) is 17.0 Å². The number of fused-ring (bicyclic) bond motifs is 1. The third kappa shape index (κ3) is 6.29. The van der Waals surface area contributed by atoms with Crippen LogP contribution in [0.4, 0.5) is 0 Å². The van der Waals surface area contributed by atoms with Gasteiger partial charge in [0, 0.05) is 40.2 Å². The maximum atomic E-state index is 13.8. The topological polar surface area (TPSA) is 59.1 Å². The predicted molar refractivity (Wildman–Crippen MR) is 146 cm³/mol. The van der Waals surface area contributed by atoms with E-state index in [1.54, 1.807) is 52.6 Å². The van der Waals surface area contributed by atoms with E-state index in [4.69, 9.17) is 32.7 Å². The zero-order valence-electron chi connectivity index (χ0n) is 20.3. The summed E-state index contributed by atoms with van der Waals surface area (Å²) in [4.78, 5) is 32.0. The molecule has 0 unspecified atom stereocenters. The first-order chi connectivity index (χ1) is 18.0. The fourth-order valence-electron chi connectivity index (χ4n) is 4.89. The number of nitrogens with zero attached hydrogens (tertiary/aromatic N) is 2. The Morgan fingerprint density at radius 3 is 2.70 bits per heavy atom. The van der Waals surface area contributed by atoms with E-state index in [1.165, 1.54) is 4.88 Å². The highest BCUT2D eigenvalue weighted by Gasteiger charge is 2.34. The minimum absolute atomic E-state index is 0.0396. The molecule has 1 fully saturated rings. The van der Waals surface area contributed by atoms with Crippen LogP contribution in [0.3, 0.4) is 0 Å². The van der Waals surface area contributed by atoms with Crippen molar-refractivity contribution in [3.05, 3.63) is 86.0 Å². The van der Waals surface area contributed by atoms with Crippen molar-refractivity contribution < 1.29 is 19.1 Å². The number of thiophene rings is 1. The van der Waals surface area contributed by atoms with Gasteiger partial charge in [0.2, 0.25) is 5.91 Å². The molecular weight excluding hydrogens is 531 g/mol. The fourth-order valence-corrected chi connectivity index (χ4v) is 6.14. The second kappa shape index (κ2) is 11.9. The molecule has 1 aromatic heterocycles. The van der Waals surface area contributed by atoms with Crippen LogP contribution in [0.5, 0.6) is 5.75 Å². The normalized spacial score (nSPS) is 18.9. The lowest BCUT2D eigenvalue weighted by atomic mass is 10.00. The second-order valence-corrected chi connectivity index (χ2v) is 11.1. The van der Waals surface area contributed by atoms with E-state index >= 15 is 0 Å². The molecular formula is C28H28Cl2N2O4S. The van der Waals surface area contributed by atoms with E-state index in [9.17, 15) is 9.59 Å². The van der Waals surface area contributed by atoms with Crippen molar-refractivity contribution in [1.82, 2.24) is 9.80 Å². The summed E-state index contributed by atoms with van der Waals surface area (Å²) in [5.74, 6) is 0.346. The van der Waals surface area contributed by atoms with Gasteiger partial charge < -0.3 is 19.3 Å². The number of carbonyl (C=O) groups excluding carboxylic acids is 2. The third-order valence-electron chi connectivity index (χ3n) is 6.77. The maximum absolute atomic E-state index is 13.8. The van der Waals surface area contributed by atoms with Gasteiger partial charge in [0.25, 0.3) is 5.91 Å². The highest BCUT2D eigenvalue weighted by Crippen LogP contribution is 2.34. The molecule has 194 valence electrons. The standard InChI is InChI=1S/C28H28Cl2N2O4S/c29-20-6-8-22(9-7-20)36-18-25-24-11-14-37-26(24)10-12-32(25)27(33)17-31(16-23-5-2-13-35-23)28(34)19-3-1-4-21(30)15-19/h1,3-4,6-9,11,14-15,23,25H,2,5,10,12-13,16-18H2/t23-,25-/m1/s1. The average molecular weight is 560 g/mol. The first kappa shape index (κ1) is 26.0. The van der Waals surface area contributed by atoms with Crippen LogP contribution in [-0.4, -0.2) is 60.6 Å². The number of amides is 2. The SMILES string of the molecule is O=C(c1cccc(Cl)c1)N(CC(=O)N1CCc2sccc2[C@H]1COc1ccc(Cl)cc1)C[C@H]1CCCO1. The molecule has 0 bridgehead atoms. The first-order valence-corrected chi connectivity index (χ1v) is 14.0. The number of ether oxygens (including phenoxy) is 2. The van der Waals surface area contributed by atoms with E-state index in [-0.39, 0.29) is 30.5 Å². The Hall–Kier alpha value is -2.58. The minimum Gasteiger partial charge on any atom is -0.491 e. The number of rotatable bonds is 8. The Balaban J connectivity index is 1.35. The van der Waals surface area contributed by atoms with Gasteiger partial charge in [-0.15, -0.1) is 11.3 Å². The lowest BCUT2D eigenvalue weighted by Gasteiger charge is -2.37. The molecule has 2 atom stereocenters. The van der Waals surface area contributed by atoms with Crippen molar-refractivity contribution in [3.63, 3.8) is 0 Å². The number of halogens is 2. The highest BCUT2D eigenvalue weighted by atomic mass is 35.5. The van der Waals surface area contributed by atoms with E-state index in [0.717, 1.165) is 24.8 Å². The quantitative estimate of drug-likeness (QED) is 0.346. The Morgan fingerprint density at radius 2 is 1.95 bits per heavy atom. The van der Waals surface area contributed by atoms with Crippen LogP contribution in [0.2, 0.25) is 10.0 Å². The van der Waals surface area contributed by atoms with Crippen LogP contribution in [0.15, 0.2) is 60.0 Å². The summed E-state index contributed by atoms with van der Waals surface area (Å²) in [5.41, 5.74) is 1.56. The molecule has 37 heavy (non-hydrogen) atoms. The third-order valence-corrected chi connectivity index (χ3v) is 8.25. The summed E-state index contributed by atoms with van der Waals surface area (Å²) in [6.45, 7) is 1.88. The Kier molecular flexibility index (Phi) is 8.35. The molecule has 2 amide bonds. The van der Waals surface area contributed by atoms with Crippen LogP contribution >= 0.6 is 34.5 Å². The Bertz CT molecular complexity index is 1240. The van der Waals surface area contributed by atoms with Crippen molar-refractivity contribution in [3.8, 4) is 5.75 Å². The molecule has 0 saturated carbocycles. The summed E-state index contributed by atoms with van der Waals surface area (Å²) in [6, 6.07) is 15.8. The van der Waals surface area contributed by atoms with Crippen LogP contribution in [0.1, 0.15) is 39.7 Å². The van der Waals surface area contributed by atoms with Gasteiger partial charge in [-0.2, -0.15) is 0 Å². The van der Waals surface area contributed by atoms with Crippen molar-refractivity contribution in [2.75, 3.05) is 32.8 Å². The van der Waals surface area contributed by atoms with Crippen LogP contribution in [0, 0.1) is 0 Å². The van der Waals surface area contributed by atoms with Crippen LogP contribution in [0.25, 0.3) is 0 Å². The van der Waals surface area contributed by atoms with Crippen LogP contribution < -0.4 is 4.74 Å². The largest absolute Gasteiger partial charge is 0.491 e. The molecule has 1 saturated heterocycles. The van der Waals surface area contributed by atoms with E-state index in [0.29, 0.717) is 47.7 Å². The lowest BCUT2D eigenvalue weighted by molar-refractivity contribution is -0.135. The molecule has 6 nitrogen and oxygen atoms in total. The first-order valence-electron chi connectivity index (χ1n) is 12.4. The smallest absolute Gasteiger partial charge is 0.254 e. The highest BCUT2D eigenvalue weighted by molar-refractivity contribution is 7.10. The molecule has 9 heteroatoms. The predicted octanol–water partition coefficient (Wildman–Crippen LogP) is 5.88. The van der Waals surface area contributed by atoms with Gasteiger partial charge in [-0.1, -0.05) is 29.3 Å². The molecule has 0 radical (unpaired) electrons. The van der Waals surface area contributed by atoms with Gasteiger partial charge in [-0.3, -0.25) is 9.59 Å². The number of hydrogen-bond acceptors (Lipinski definition) is 5. The van der Waals surface area contributed by atoms with Crippen molar-refractivity contribution >= 4 is 46.4 Å². The summed E-state index contributed by atoms with van der Waals surface area (Å²) < 4.78 is 11.9. The second-order valence-electron chi connectivity index (χ2n) is 9.25. The van der Waals surface area contributed by atoms with Crippen LogP contribution in [-0.2, 0) is 16.0 Å². The lowest BCUT2D eigenvalue weighted by Crippen LogP contribution is -2.49. The summed E-state index contributed by atoms with van der Waals surface area (Å²) in [7, 11) is 0. The van der Waals surface area contributed by atoms with Gasteiger partial charge in [0.15, 0.2) is 0 Å². The van der Waals surface area contributed by atoms with E-state index in [2.05, 4.69) is 11.4 Å². The summed E-state index contributed by atoms with van der Waals surface area (Å²) >= 11 is 13.9. The number of benzene rings is 2. The summed E-state index contributed by atoms with van der Waals surface area (Å²) in [6.07, 6.45) is 2.52. The zero-order valence-corrected chi connectivity index (χ0v) is 22.6. The van der Waals surface area contributed by atoms with Gasteiger partial charge in [0.05, 0.1) is 12.1 Å². The minimum atomic E-state index is -0.246. The molecule has 5 rings (SSSR count). The summed E-state index contributed by atoms with van der Waals surface area (Å²) in [5, 5.41) is 3.17. The maximum Gasteiger partial charge on any atom is 0.254 e. The average Bonchev–Trinajstić information content (AvgIpc) is 3.59. The number of hydrogen-bond donors (Lipinski definition) is 0. The molecule has 2 aliphatic rings. The molecule has 2 aromatic carbocycles. The van der Waals surface area contributed by atoms with Crippen molar-refractivity contribution in [2.24, 2.45) is 0 Å². The monoisotopic (exact) mass is 558 g/mol. The molecule has 2 aliphatic heterocycles. The Labute approximate surface area is 230 Å². The molecule has 3 heterocycles. The zero-order chi connectivity index (χ0) is 25.8. The molecule has 0 spiro atoms. The Morgan fingerprint density at radius 1 is 1.11 bits per heavy atom. The van der Waals surface area contributed by atoms with Gasteiger partial charge >= 0.3 is 0 Å². The number of carbonyl (C=O) groups is 2. The van der Waals surface area contributed by atoms with Gasteiger partial charge in [0.1, 0.15) is 18.9 Å². The molecule has 0 N–H and O–H groups in total. The van der Waals surface area contributed by atoms with Crippen molar-refractivity contribution in [2.45, 2.75) is 31.4 Å². The molecule has 3 aromatic rings.